The fourth-order valence-corrected chi connectivity index (χ4v) is 8.62. The standard InChI is InChI=1S/C19H36OSi/c1-13-14-15(16(2,3)4)19(13,12-21(8,9)10)18(7,20)11-17(14,5)6/h14-15,20H,1,11-12H2,2-10H3/t14-,15-,18-,19+/m0/s1. The van der Waals surface area contributed by atoms with Crippen molar-refractivity contribution in [3.05, 3.63) is 12.2 Å². The summed E-state index contributed by atoms with van der Waals surface area (Å²) in [5, 5.41) is 11.5. The fraction of sp³-hybridized carbons (Fsp3) is 0.895. The molecule has 0 aromatic carbocycles. The molecule has 0 amide bonds. The molecule has 3 fully saturated rings. The van der Waals surface area contributed by atoms with Gasteiger partial charge in [0.2, 0.25) is 0 Å². The van der Waals surface area contributed by atoms with Gasteiger partial charge in [-0.3, -0.25) is 0 Å². The first-order valence-corrected chi connectivity index (χ1v) is 12.2. The summed E-state index contributed by atoms with van der Waals surface area (Å²) in [5.41, 5.74) is 1.04. The van der Waals surface area contributed by atoms with Crippen molar-refractivity contribution < 1.29 is 5.11 Å². The Hall–Kier alpha value is -0.0831. The summed E-state index contributed by atoms with van der Waals surface area (Å²) in [6, 6.07) is 1.17. The van der Waals surface area contributed by atoms with Crippen LogP contribution in [-0.4, -0.2) is 18.8 Å². The Bertz CT molecular complexity index is 461. The van der Waals surface area contributed by atoms with Gasteiger partial charge < -0.3 is 5.11 Å². The lowest BCUT2D eigenvalue weighted by Gasteiger charge is -2.76. The molecule has 3 rings (SSSR count). The van der Waals surface area contributed by atoms with E-state index in [0.29, 0.717) is 11.8 Å². The first kappa shape index (κ1) is 17.3. The summed E-state index contributed by atoms with van der Waals surface area (Å²) in [4.78, 5) is 0. The van der Waals surface area contributed by atoms with Crippen LogP contribution in [0.1, 0.15) is 48.0 Å². The van der Waals surface area contributed by atoms with Gasteiger partial charge in [-0.25, -0.2) is 0 Å². The van der Waals surface area contributed by atoms with Crippen LogP contribution in [0.5, 0.6) is 0 Å². The van der Waals surface area contributed by atoms with E-state index in [9.17, 15) is 5.11 Å². The van der Waals surface area contributed by atoms with Crippen molar-refractivity contribution >= 4 is 8.07 Å². The van der Waals surface area contributed by atoms with Gasteiger partial charge >= 0.3 is 0 Å². The molecule has 1 N–H and O–H groups in total. The Kier molecular flexibility index (Phi) is 3.50. The number of fused-ring (bicyclic) bond motifs is 2. The minimum atomic E-state index is -1.30. The predicted molar refractivity (Wildman–Crippen MR) is 95.2 cm³/mol. The molecule has 4 atom stereocenters. The van der Waals surface area contributed by atoms with E-state index in [2.05, 4.69) is 67.8 Å². The zero-order valence-corrected chi connectivity index (χ0v) is 16.7. The van der Waals surface area contributed by atoms with Crippen LogP contribution in [0.4, 0.5) is 0 Å². The van der Waals surface area contributed by atoms with Crippen LogP contribution >= 0.6 is 0 Å². The molecule has 2 heteroatoms. The molecule has 0 aromatic rings. The van der Waals surface area contributed by atoms with Gasteiger partial charge in [-0.05, 0) is 42.1 Å². The summed E-state index contributed by atoms with van der Waals surface area (Å²) in [6.07, 6.45) is 0.904. The van der Waals surface area contributed by atoms with E-state index in [0.717, 1.165) is 6.42 Å². The maximum Gasteiger partial charge on any atom is 0.0718 e. The molecule has 0 unspecified atom stereocenters. The van der Waals surface area contributed by atoms with Crippen molar-refractivity contribution in [2.24, 2.45) is 28.1 Å². The lowest BCUT2D eigenvalue weighted by Crippen LogP contribution is -2.74. The van der Waals surface area contributed by atoms with E-state index in [4.69, 9.17) is 0 Å². The summed E-state index contributed by atoms with van der Waals surface area (Å²) in [7, 11) is -1.30. The highest BCUT2D eigenvalue weighted by atomic mass is 28.3. The normalized spacial score (nSPS) is 42.7. The van der Waals surface area contributed by atoms with Gasteiger partial charge in [0.1, 0.15) is 0 Å². The molecule has 3 saturated carbocycles. The minimum absolute atomic E-state index is 0.0596. The molecule has 1 nitrogen and oxygen atoms in total. The molecule has 0 spiro atoms. The third-order valence-corrected chi connectivity index (χ3v) is 7.78. The Labute approximate surface area is 133 Å². The average molecular weight is 309 g/mol. The monoisotopic (exact) mass is 308 g/mol. The Morgan fingerprint density at radius 3 is 2.00 bits per heavy atom. The van der Waals surface area contributed by atoms with Gasteiger partial charge in [-0.1, -0.05) is 66.4 Å². The summed E-state index contributed by atoms with van der Waals surface area (Å²) in [5.74, 6) is 1.11. The van der Waals surface area contributed by atoms with Crippen molar-refractivity contribution in [1.29, 1.82) is 0 Å². The fourth-order valence-electron chi connectivity index (χ4n) is 6.11. The third kappa shape index (κ3) is 2.28. The number of hydrogen-bond acceptors (Lipinski definition) is 1. The topological polar surface area (TPSA) is 20.2 Å². The van der Waals surface area contributed by atoms with Gasteiger partial charge in [-0.2, -0.15) is 0 Å². The second-order valence-corrected chi connectivity index (χ2v) is 16.5. The molecule has 0 radical (unpaired) electrons. The third-order valence-electron chi connectivity index (χ3n) is 6.16. The molecule has 0 aliphatic heterocycles. The smallest absolute Gasteiger partial charge is 0.0718 e. The average Bonchev–Trinajstić information content (AvgIpc) is 2.14. The Morgan fingerprint density at radius 2 is 1.67 bits per heavy atom. The van der Waals surface area contributed by atoms with Gasteiger partial charge in [-0.15, -0.1) is 0 Å². The van der Waals surface area contributed by atoms with Crippen LogP contribution in [0.2, 0.25) is 25.7 Å². The van der Waals surface area contributed by atoms with Crippen molar-refractivity contribution in [2.45, 2.75) is 79.2 Å². The molecule has 2 bridgehead atoms. The second-order valence-electron chi connectivity index (χ2n) is 11.0. The molecule has 0 saturated heterocycles. The van der Waals surface area contributed by atoms with Crippen molar-refractivity contribution in [1.82, 2.24) is 0 Å². The molecule has 21 heavy (non-hydrogen) atoms. The van der Waals surface area contributed by atoms with E-state index in [1.165, 1.54) is 11.6 Å². The van der Waals surface area contributed by atoms with Crippen LogP contribution in [0.25, 0.3) is 0 Å². The lowest BCUT2D eigenvalue weighted by molar-refractivity contribution is -0.242. The maximum atomic E-state index is 11.5. The molecular formula is C19H36OSi. The van der Waals surface area contributed by atoms with Gasteiger partial charge in [0.15, 0.2) is 0 Å². The van der Waals surface area contributed by atoms with Crippen molar-refractivity contribution in [3.63, 3.8) is 0 Å². The first-order chi connectivity index (χ1) is 9.06. The van der Waals surface area contributed by atoms with E-state index < -0.39 is 13.7 Å². The highest BCUT2D eigenvalue weighted by molar-refractivity contribution is 6.76. The highest BCUT2D eigenvalue weighted by Gasteiger charge is 2.75. The quantitative estimate of drug-likeness (QED) is 0.539. The molecule has 3 aliphatic carbocycles. The molecule has 3 aliphatic rings. The molecule has 122 valence electrons. The van der Waals surface area contributed by atoms with Crippen molar-refractivity contribution in [3.8, 4) is 0 Å². The van der Waals surface area contributed by atoms with Crippen LogP contribution in [0.3, 0.4) is 0 Å². The highest BCUT2D eigenvalue weighted by Crippen LogP contribution is 2.77. The SMILES string of the molecule is C=C1[C@H]2[C@@H](C(C)(C)C)[C@]1(C[Si](C)(C)C)[C@@](C)(O)CC2(C)C. The van der Waals surface area contributed by atoms with Crippen LogP contribution in [0.15, 0.2) is 12.2 Å². The van der Waals surface area contributed by atoms with Crippen molar-refractivity contribution in [2.75, 3.05) is 0 Å². The van der Waals surface area contributed by atoms with Crippen LogP contribution in [0, 0.1) is 28.1 Å². The Morgan fingerprint density at radius 1 is 1.19 bits per heavy atom. The zero-order valence-electron chi connectivity index (χ0n) is 15.7. The largest absolute Gasteiger partial charge is 0.389 e. The Balaban J connectivity index is 2.61. The van der Waals surface area contributed by atoms with Crippen LogP contribution in [-0.2, 0) is 0 Å². The second kappa shape index (κ2) is 4.26. The maximum absolute atomic E-state index is 11.5. The van der Waals surface area contributed by atoms with E-state index in [-0.39, 0.29) is 16.2 Å². The lowest BCUT2D eigenvalue weighted by atomic mass is 9.31. The number of aliphatic hydroxyl groups is 1. The van der Waals surface area contributed by atoms with Gasteiger partial charge in [0, 0.05) is 13.5 Å². The zero-order chi connectivity index (χ0) is 16.6. The van der Waals surface area contributed by atoms with Crippen LogP contribution < -0.4 is 0 Å². The summed E-state index contributed by atoms with van der Waals surface area (Å²) in [6.45, 7) is 25.6. The van der Waals surface area contributed by atoms with E-state index in [1.807, 2.05) is 0 Å². The first-order valence-electron chi connectivity index (χ1n) is 8.48. The molecule has 0 aromatic heterocycles. The van der Waals surface area contributed by atoms with Gasteiger partial charge in [0.25, 0.3) is 0 Å². The van der Waals surface area contributed by atoms with E-state index >= 15 is 0 Å². The van der Waals surface area contributed by atoms with Gasteiger partial charge in [0.05, 0.1) is 5.60 Å². The van der Waals surface area contributed by atoms with E-state index in [1.54, 1.807) is 0 Å². The molecular weight excluding hydrogens is 272 g/mol. The number of rotatable bonds is 2. The molecule has 0 heterocycles. The predicted octanol–water partition coefficient (Wildman–Crippen LogP) is 5.34. The summed E-state index contributed by atoms with van der Waals surface area (Å²) < 4.78 is 0. The minimum Gasteiger partial charge on any atom is -0.389 e. The summed E-state index contributed by atoms with van der Waals surface area (Å²) >= 11 is 0. The number of hydrogen-bond donors (Lipinski definition) is 1.